The Morgan fingerprint density at radius 2 is 1.22 bits per heavy atom. The van der Waals surface area contributed by atoms with Crippen LogP contribution in [0.2, 0.25) is 0 Å². The van der Waals surface area contributed by atoms with E-state index in [4.69, 9.17) is 11.5 Å². The van der Waals surface area contributed by atoms with Crippen molar-refractivity contribution in [2.45, 2.75) is 23.6 Å². The van der Waals surface area contributed by atoms with Crippen LogP contribution < -0.4 is 22.3 Å². The quantitative estimate of drug-likeness (QED) is 0.0747. The molecule has 4 aromatic carbocycles. The van der Waals surface area contributed by atoms with Crippen molar-refractivity contribution >= 4 is 88.2 Å². The number of fused-ring (bicyclic) bond motifs is 2. The number of nitrogens with zero attached hydrogens (tertiary/aromatic N) is 2. The Bertz CT molecular complexity index is 2830. The number of nitrogens with one attached hydrogen (secondary N) is 2. The maximum absolute atomic E-state index is 13.4. The van der Waals surface area contributed by atoms with Crippen LogP contribution in [-0.4, -0.2) is 61.9 Å². The molecule has 0 amide bonds. The summed E-state index contributed by atoms with van der Waals surface area (Å²) in [7, 11) is -14.4. The molecule has 0 fully saturated rings. The van der Waals surface area contributed by atoms with Gasteiger partial charge < -0.3 is 11.5 Å². The zero-order valence-electron chi connectivity index (χ0n) is 27.9. The third-order valence-corrected chi connectivity index (χ3v) is 11.1. The number of rotatable bonds is 8. The van der Waals surface area contributed by atoms with Crippen LogP contribution in [0.4, 0.5) is 22.7 Å². The standard InChI is InChI=1S/C34H28N6O11S3/c1-16-11-18(3-7-25(16)37-39-27-9-5-22-28(53(46,47)48)10-6-23(35)31(22)33(27)41)19-4-8-26(17(2)12-19)38-40-32-29(54(49,50)51)14-20-13-21(52(43,44)45)15-24(36)30(20)34(32)42/h3-15,37-38H,35-36H2,1-2H3,(H,43,44,45)(H,46,47,48)(H,49,50,51)/b39-27+,40-32-. The molecule has 2 aliphatic carbocycles. The van der Waals surface area contributed by atoms with Gasteiger partial charge in [0.2, 0.25) is 11.6 Å². The molecule has 0 aliphatic heterocycles. The number of benzene rings is 4. The van der Waals surface area contributed by atoms with Gasteiger partial charge in [-0.1, -0.05) is 18.2 Å². The minimum absolute atomic E-state index is 0.0150. The minimum Gasteiger partial charge on any atom is -0.398 e. The molecule has 0 radical (unpaired) electrons. The summed E-state index contributed by atoms with van der Waals surface area (Å²) in [6.07, 6.45) is 3.45. The lowest BCUT2D eigenvalue weighted by Crippen LogP contribution is -2.28. The Morgan fingerprint density at radius 3 is 1.76 bits per heavy atom. The van der Waals surface area contributed by atoms with Crippen LogP contribution in [0.5, 0.6) is 0 Å². The number of carbonyl (C=O) groups excluding carboxylic acids is 2. The molecule has 0 aromatic heterocycles. The van der Waals surface area contributed by atoms with Gasteiger partial charge in [0.15, 0.2) is 5.71 Å². The lowest BCUT2D eigenvalue weighted by Gasteiger charge is -2.19. The number of aryl methyl sites for hydroxylation is 2. The highest BCUT2D eigenvalue weighted by molar-refractivity contribution is 7.91. The van der Waals surface area contributed by atoms with E-state index in [0.717, 1.165) is 41.0 Å². The van der Waals surface area contributed by atoms with Crippen molar-refractivity contribution in [1.82, 2.24) is 0 Å². The molecule has 54 heavy (non-hydrogen) atoms. The third-order valence-electron chi connectivity index (χ3n) is 8.47. The van der Waals surface area contributed by atoms with Crippen LogP contribution in [0.25, 0.3) is 23.3 Å². The van der Waals surface area contributed by atoms with Crippen molar-refractivity contribution in [3.05, 3.63) is 105 Å². The zero-order chi connectivity index (χ0) is 39.5. The fourth-order valence-electron chi connectivity index (χ4n) is 5.82. The first kappa shape index (κ1) is 37.7. The third kappa shape index (κ3) is 7.16. The van der Waals surface area contributed by atoms with Gasteiger partial charge >= 0.3 is 0 Å². The number of hydrazone groups is 2. The van der Waals surface area contributed by atoms with Gasteiger partial charge in [-0.2, -0.15) is 35.5 Å². The Labute approximate surface area is 308 Å². The predicted octanol–water partition coefficient (Wildman–Crippen LogP) is 4.20. The molecule has 0 heterocycles. The maximum atomic E-state index is 13.4. The molecular formula is C34H28N6O11S3. The Kier molecular flexibility index (Phi) is 9.38. The van der Waals surface area contributed by atoms with Crippen molar-refractivity contribution in [3.8, 4) is 11.1 Å². The summed E-state index contributed by atoms with van der Waals surface area (Å²) in [5.74, 6) is -1.67. The van der Waals surface area contributed by atoms with Crippen LogP contribution >= 0.6 is 0 Å². The average Bonchev–Trinajstić information content (AvgIpc) is 3.06. The SMILES string of the molecule is Cc1cc(-c2ccc(N/N=C3\C(=O)c4c(N)cc(S(=O)(=O)O)cc4C=C3S(=O)(=O)O)c(C)c2)ccc1N/N=C1\C=Cc2c(S(=O)(=O)O)ccc(N)c2C1=O. The monoisotopic (exact) mass is 792 g/mol. The number of carbonyl (C=O) groups is 2. The van der Waals surface area contributed by atoms with Crippen LogP contribution in [0.3, 0.4) is 0 Å². The first-order valence-corrected chi connectivity index (χ1v) is 19.6. The zero-order valence-corrected chi connectivity index (χ0v) is 30.3. The molecule has 6 rings (SSSR count). The molecular weight excluding hydrogens is 765 g/mol. The van der Waals surface area contributed by atoms with Gasteiger partial charge in [0, 0.05) is 16.9 Å². The van der Waals surface area contributed by atoms with E-state index in [2.05, 4.69) is 21.1 Å². The van der Waals surface area contributed by atoms with Crippen molar-refractivity contribution in [3.63, 3.8) is 0 Å². The second kappa shape index (κ2) is 13.4. The van der Waals surface area contributed by atoms with Gasteiger partial charge in [-0.25, -0.2) is 0 Å². The summed E-state index contributed by atoms with van der Waals surface area (Å²) < 4.78 is 100. The van der Waals surface area contributed by atoms with Gasteiger partial charge in [0.1, 0.15) is 15.5 Å². The second-order valence-electron chi connectivity index (χ2n) is 12.1. The van der Waals surface area contributed by atoms with E-state index in [9.17, 15) is 48.5 Å². The van der Waals surface area contributed by atoms with E-state index in [1.165, 1.54) is 18.2 Å². The van der Waals surface area contributed by atoms with Gasteiger partial charge in [0.05, 0.1) is 27.4 Å². The highest BCUT2D eigenvalue weighted by atomic mass is 32.2. The molecule has 4 aromatic rings. The summed E-state index contributed by atoms with van der Waals surface area (Å²) in [5.41, 5.74) is 19.3. The van der Waals surface area contributed by atoms with Crippen LogP contribution in [0.15, 0.2) is 91.6 Å². The van der Waals surface area contributed by atoms with E-state index in [1.807, 2.05) is 6.07 Å². The normalized spacial score (nSPS) is 15.9. The topological polar surface area (TPSA) is 298 Å². The average molecular weight is 793 g/mol. The Morgan fingerprint density at radius 1 is 0.630 bits per heavy atom. The van der Waals surface area contributed by atoms with E-state index in [1.54, 1.807) is 44.2 Å². The molecule has 20 heteroatoms. The molecule has 278 valence electrons. The maximum Gasteiger partial charge on any atom is 0.296 e. The number of Topliss-reactive ketones (excluding diaryl/α,β-unsaturated/α-hetero) is 2. The van der Waals surface area contributed by atoms with Crippen molar-refractivity contribution in [2.24, 2.45) is 10.2 Å². The Hall–Kier alpha value is -6.03. The summed E-state index contributed by atoms with van der Waals surface area (Å²) in [5, 5.41) is 8.16. The van der Waals surface area contributed by atoms with Crippen molar-refractivity contribution in [2.75, 3.05) is 22.3 Å². The van der Waals surface area contributed by atoms with Crippen LogP contribution in [0, 0.1) is 13.8 Å². The fraction of sp³-hybridized carbons (Fsp3) is 0.0588. The smallest absolute Gasteiger partial charge is 0.296 e. The number of hydrogen-bond acceptors (Lipinski definition) is 14. The summed E-state index contributed by atoms with van der Waals surface area (Å²) in [4.78, 5) is 24.5. The molecule has 0 atom stereocenters. The van der Waals surface area contributed by atoms with Crippen molar-refractivity contribution in [1.29, 1.82) is 0 Å². The number of hydrogen-bond donors (Lipinski definition) is 7. The molecule has 17 nitrogen and oxygen atoms in total. The molecule has 0 saturated carbocycles. The largest absolute Gasteiger partial charge is 0.398 e. The van der Waals surface area contributed by atoms with Gasteiger partial charge in [-0.15, -0.1) is 0 Å². The highest BCUT2D eigenvalue weighted by Gasteiger charge is 2.35. The Balaban J connectivity index is 1.23. The summed E-state index contributed by atoms with van der Waals surface area (Å²) in [6.45, 7) is 3.51. The van der Waals surface area contributed by atoms with E-state index in [0.29, 0.717) is 16.9 Å². The highest BCUT2D eigenvalue weighted by Crippen LogP contribution is 2.34. The molecule has 0 bridgehead atoms. The second-order valence-corrected chi connectivity index (χ2v) is 16.3. The molecule has 0 unspecified atom stereocenters. The lowest BCUT2D eigenvalue weighted by atomic mass is 9.93. The first-order chi connectivity index (χ1) is 25.1. The van der Waals surface area contributed by atoms with Crippen molar-refractivity contribution < 1.29 is 48.5 Å². The van der Waals surface area contributed by atoms with Gasteiger partial charge in [-0.05, 0) is 102 Å². The molecule has 0 saturated heterocycles. The number of ketones is 2. The molecule has 9 N–H and O–H groups in total. The predicted molar refractivity (Wildman–Crippen MR) is 202 cm³/mol. The number of nitrogens with two attached hydrogens (primary N) is 2. The van der Waals surface area contributed by atoms with Crippen LogP contribution in [0.1, 0.15) is 43.0 Å². The number of allylic oxidation sites excluding steroid dienone is 2. The van der Waals surface area contributed by atoms with Crippen LogP contribution in [-0.2, 0) is 30.4 Å². The molecule has 2 aliphatic rings. The number of anilines is 4. The van der Waals surface area contributed by atoms with E-state index < -0.39 is 62.3 Å². The lowest BCUT2D eigenvalue weighted by molar-refractivity contribution is 0.105. The van der Waals surface area contributed by atoms with E-state index >= 15 is 0 Å². The molecule has 0 spiro atoms. The first-order valence-electron chi connectivity index (χ1n) is 15.3. The van der Waals surface area contributed by atoms with Gasteiger partial charge in [0.25, 0.3) is 30.4 Å². The van der Waals surface area contributed by atoms with E-state index in [-0.39, 0.29) is 39.3 Å². The summed E-state index contributed by atoms with van der Waals surface area (Å²) >= 11 is 0. The van der Waals surface area contributed by atoms with Gasteiger partial charge in [-0.3, -0.25) is 34.1 Å². The summed E-state index contributed by atoms with van der Waals surface area (Å²) in [6, 6.07) is 14.5. The minimum atomic E-state index is -5.06. The fourth-order valence-corrected chi connectivity index (χ4v) is 7.71. The number of nitrogen functional groups attached to an aromatic ring is 2.